The van der Waals surface area contributed by atoms with Crippen LogP contribution in [0.5, 0.6) is 5.75 Å². The van der Waals surface area contributed by atoms with Gasteiger partial charge in [-0.2, -0.15) is 0 Å². The van der Waals surface area contributed by atoms with Crippen LogP contribution in [-0.4, -0.2) is 35.7 Å². The van der Waals surface area contributed by atoms with Gasteiger partial charge in [0.05, 0.1) is 13.0 Å². The molecule has 0 saturated carbocycles. The fraction of sp³-hybridized carbons (Fsp3) is 0.273. The van der Waals surface area contributed by atoms with E-state index in [2.05, 4.69) is 15.5 Å². The maximum absolute atomic E-state index is 12.5. The van der Waals surface area contributed by atoms with Crippen molar-refractivity contribution in [3.63, 3.8) is 0 Å². The molecule has 1 aliphatic rings. The van der Waals surface area contributed by atoms with E-state index in [9.17, 15) is 9.59 Å². The van der Waals surface area contributed by atoms with Crippen LogP contribution >= 0.6 is 0 Å². The van der Waals surface area contributed by atoms with Crippen LogP contribution in [0.2, 0.25) is 0 Å². The lowest BCUT2D eigenvalue weighted by Gasteiger charge is -2.16. The Hall–Kier alpha value is -3.68. The lowest BCUT2D eigenvalue weighted by molar-refractivity contribution is -0.117. The van der Waals surface area contributed by atoms with Crippen molar-refractivity contribution in [3.8, 4) is 5.75 Å². The van der Waals surface area contributed by atoms with Crippen molar-refractivity contribution in [3.05, 3.63) is 66.1 Å². The molecular formula is C22H22N4O4. The van der Waals surface area contributed by atoms with Gasteiger partial charge in [-0.25, -0.2) is 0 Å². The first-order chi connectivity index (χ1) is 14.6. The number of methoxy groups -OCH3 is 1. The van der Waals surface area contributed by atoms with Gasteiger partial charge >= 0.3 is 6.01 Å². The van der Waals surface area contributed by atoms with E-state index in [1.807, 2.05) is 54.6 Å². The fourth-order valence-corrected chi connectivity index (χ4v) is 3.42. The molecule has 2 amide bonds. The first-order valence-electron chi connectivity index (χ1n) is 9.74. The van der Waals surface area contributed by atoms with Gasteiger partial charge in [0.2, 0.25) is 17.7 Å². The molecule has 8 heteroatoms. The van der Waals surface area contributed by atoms with Crippen LogP contribution < -0.4 is 15.0 Å². The number of nitrogens with zero attached hydrogens (tertiary/aromatic N) is 3. The number of anilines is 2. The summed E-state index contributed by atoms with van der Waals surface area (Å²) in [4.78, 5) is 26.3. The van der Waals surface area contributed by atoms with Gasteiger partial charge in [-0.1, -0.05) is 35.4 Å². The van der Waals surface area contributed by atoms with Gasteiger partial charge in [0.1, 0.15) is 5.75 Å². The molecule has 1 atom stereocenters. The van der Waals surface area contributed by atoms with Crippen LogP contribution in [0, 0.1) is 0 Å². The smallest absolute Gasteiger partial charge is 0.322 e. The molecule has 0 radical (unpaired) electrons. The molecule has 4 rings (SSSR count). The first-order valence-corrected chi connectivity index (χ1v) is 9.74. The zero-order valence-corrected chi connectivity index (χ0v) is 16.6. The summed E-state index contributed by atoms with van der Waals surface area (Å²) >= 11 is 0. The van der Waals surface area contributed by atoms with Crippen molar-refractivity contribution >= 4 is 23.5 Å². The predicted molar refractivity (Wildman–Crippen MR) is 110 cm³/mol. The maximum Gasteiger partial charge on any atom is 0.322 e. The Morgan fingerprint density at radius 1 is 1.17 bits per heavy atom. The van der Waals surface area contributed by atoms with Gasteiger partial charge in [0, 0.05) is 25.1 Å². The number of aryl methyl sites for hydroxylation is 1. The van der Waals surface area contributed by atoms with Crippen LogP contribution in [-0.2, 0) is 16.0 Å². The summed E-state index contributed by atoms with van der Waals surface area (Å²) in [5, 5.41) is 10.6. The Kier molecular flexibility index (Phi) is 5.74. The summed E-state index contributed by atoms with van der Waals surface area (Å²) in [6.45, 7) is 0.439. The third-order valence-electron chi connectivity index (χ3n) is 5.03. The molecule has 1 aromatic heterocycles. The average Bonchev–Trinajstić information content (AvgIpc) is 3.39. The zero-order chi connectivity index (χ0) is 20.9. The maximum atomic E-state index is 12.5. The molecule has 1 fully saturated rings. The van der Waals surface area contributed by atoms with Gasteiger partial charge in [-0.15, -0.1) is 5.10 Å². The number of hydrogen-bond acceptors (Lipinski definition) is 6. The van der Waals surface area contributed by atoms with Gasteiger partial charge in [-0.3, -0.25) is 14.9 Å². The third kappa shape index (κ3) is 4.48. The number of carbonyl (C=O) groups is 2. The molecule has 0 spiro atoms. The molecule has 2 aromatic carbocycles. The van der Waals surface area contributed by atoms with Crippen molar-refractivity contribution in [2.45, 2.75) is 25.2 Å². The minimum absolute atomic E-state index is 0.0168. The van der Waals surface area contributed by atoms with E-state index in [-0.39, 0.29) is 30.2 Å². The second-order valence-corrected chi connectivity index (χ2v) is 7.08. The van der Waals surface area contributed by atoms with E-state index in [1.165, 1.54) is 0 Å². The van der Waals surface area contributed by atoms with Gasteiger partial charge in [0.25, 0.3) is 0 Å². The number of aromatic nitrogens is 2. The van der Waals surface area contributed by atoms with Crippen LogP contribution in [0.3, 0.4) is 0 Å². The molecule has 1 saturated heterocycles. The molecule has 3 aromatic rings. The fourth-order valence-electron chi connectivity index (χ4n) is 3.42. The number of rotatable bonds is 7. The van der Waals surface area contributed by atoms with E-state index < -0.39 is 0 Å². The highest BCUT2D eigenvalue weighted by molar-refractivity contribution is 5.96. The van der Waals surface area contributed by atoms with E-state index in [1.54, 1.807) is 12.0 Å². The highest BCUT2D eigenvalue weighted by Gasteiger charge is 2.35. The van der Waals surface area contributed by atoms with E-state index >= 15 is 0 Å². The molecule has 30 heavy (non-hydrogen) atoms. The Bertz CT molecular complexity index is 1020. The quantitative estimate of drug-likeness (QED) is 0.647. The Morgan fingerprint density at radius 3 is 2.67 bits per heavy atom. The van der Waals surface area contributed by atoms with E-state index in [0.717, 1.165) is 17.0 Å². The topological polar surface area (TPSA) is 97.6 Å². The predicted octanol–water partition coefficient (Wildman–Crippen LogP) is 3.17. The Balaban J connectivity index is 1.34. The van der Waals surface area contributed by atoms with Crippen molar-refractivity contribution in [1.82, 2.24) is 10.2 Å². The number of hydrogen-bond donors (Lipinski definition) is 1. The summed E-state index contributed by atoms with van der Waals surface area (Å²) in [5.74, 6) is 0.638. The largest absolute Gasteiger partial charge is 0.497 e. The molecular weight excluding hydrogens is 384 g/mol. The number of nitrogens with one attached hydrogen (secondary N) is 1. The van der Waals surface area contributed by atoms with E-state index in [4.69, 9.17) is 9.15 Å². The van der Waals surface area contributed by atoms with E-state index in [0.29, 0.717) is 25.3 Å². The monoisotopic (exact) mass is 406 g/mol. The third-order valence-corrected chi connectivity index (χ3v) is 5.03. The molecule has 1 N–H and O–H groups in total. The minimum Gasteiger partial charge on any atom is -0.497 e. The van der Waals surface area contributed by atoms with Crippen LogP contribution in [0.1, 0.15) is 30.2 Å². The summed E-state index contributed by atoms with van der Waals surface area (Å²) < 4.78 is 10.8. The zero-order valence-electron chi connectivity index (χ0n) is 16.6. The second-order valence-electron chi connectivity index (χ2n) is 7.08. The normalized spacial score (nSPS) is 16.0. The molecule has 154 valence electrons. The van der Waals surface area contributed by atoms with Crippen molar-refractivity contribution in [1.29, 1.82) is 0 Å². The van der Waals surface area contributed by atoms with Crippen LogP contribution in [0.25, 0.3) is 0 Å². The van der Waals surface area contributed by atoms with Crippen molar-refractivity contribution in [2.75, 3.05) is 23.9 Å². The minimum atomic E-state index is -0.220. The Labute approximate surface area is 173 Å². The van der Waals surface area contributed by atoms with Gasteiger partial charge in [0.15, 0.2) is 0 Å². The summed E-state index contributed by atoms with van der Waals surface area (Å²) in [5.41, 5.74) is 1.87. The summed E-state index contributed by atoms with van der Waals surface area (Å²) in [6.07, 6.45) is 1.21. The number of benzene rings is 2. The lowest BCUT2D eigenvalue weighted by atomic mass is 10.1. The SMILES string of the molecule is COc1ccc(N2C[C@H](c3nnc(NC(=O)CCc4ccccc4)o3)CC2=O)cc1. The lowest BCUT2D eigenvalue weighted by Crippen LogP contribution is -2.24. The Morgan fingerprint density at radius 2 is 1.93 bits per heavy atom. The standard InChI is InChI=1S/C22H22N4O4/c1-29-18-10-8-17(9-11-18)26-14-16(13-20(26)28)21-24-25-22(30-21)23-19(27)12-7-15-5-3-2-4-6-15/h2-6,8-11,16H,7,12-14H2,1H3,(H,23,25,27)/t16-/m1/s1. The molecule has 0 aliphatic carbocycles. The second kappa shape index (κ2) is 8.77. The average molecular weight is 406 g/mol. The van der Waals surface area contributed by atoms with Gasteiger partial charge in [-0.05, 0) is 36.2 Å². The number of amides is 2. The van der Waals surface area contributed by atoms with Crippen LogP contribution in [0.15, 0.2) is 59.0 Å². The molecule has 8 nitrogen and oxygen atoms in total. The highest BCUT2D eigenvalue weighted by Crippen LogP contribution is 2.32. The molecule has 1 aliphatic heterocycles. The number of ether oxygens (including phenoxy) is 1. The van der Waals surface area contributed by atoms with Crippen molar-refractivity contribution < 1.29 is 18.7 Å². The van der Waals surface area contributed by atoms with Crippen molar-refractivity contribution in [2.24, 2.45) is 0 Å². The molecule has 0 unspecified atom stereocenters. The summed E-state index contributed by atoms with van der Waals surface area (Å²) in [7, 11) is 1.60. The first kappa shape index (κ1) is 19.6. The summed E-state index contributed by atoms with van der Waals surface area (Å²) in [6, 6.07) is 17.1. The van der Waals surface area contributed by atoms with Gasteiger partial charge < -0.3 is 14.1 Å². The molecule has 2 heterocycles. The van der Waals surface area contributed by atoms with Crippen LogP contribution in [0.4, 0.5) is 11.7 Å². The number of carbonyl (C=O) groups excluding carboxylic acids is 2. The highest BCUT2D eigenvalue weighted by atomic mass is 16.5. The molecule has 0 bridgehead atoms.